The number of hydrogen-bond acceptors (Lipinski definition) is 0. The quantitative estimate of drug-likeness (QED) is 0.394. The average Bonchev–Trinajstić information content (AvgIpc) is 3.16. The highest BCUT2D eigenvalue weighted by Gasteiger charge is 2.33. The molecule has 0 amide bonds. The molecule has 0 bridgehead atoms. The maximum Gasteiger partial charge on any atom is 0.000152 e. The van der Waals surface area contributed by atoms with Gasteiger partial charge >= 0.3 is 0 Å². The van der Waals surface area contributed by atoms with Crippen molar-refractivity contribution in [2.24, 2.45) is 5.92 Å². The highest BCUT2D eigenvalue weighted by Crippen LogP contribution is 2.50. The van der Waals surface area contributed by atoms with Crippen molar-refractivity contribution in [3.05, 3.63) is 75.4 Å². The monoisotopic (exact) mass is 412 g/mol. The third kappa shape index (κ3) is 3.73. The molecule has 1 unspecified atom stereocenters. The van der Waals surface area contributed by atoms with E-state index in [1.54, 1.807) is 11.1 Å². The fraction of sp³-hybridized carbons (Fsp3) is 0.484. The van der Waals surface area contributed by atoms with E-state index < -0.39 is 0 Å². The van der Waals surface area contributed by atoms with Crippen LogP contribution in [-0.4, -0.2) is 0 Å². The molecule has 0 radical (unpaired) electrons. The Morgan fingerprint density at radius 3 is 2.10 bits per heavy atom. The predicted molar refractivity (Wildman–Crippen MR) is 137 cm³/mol. The van der Waals surface area contributed by atoms with Gasteiger partial charge in [-0.15, -0.1) is 0 Å². The molecular formula is C31H40. The van der Waals surface area contributed by atoms with Gasteiger partial charge in [-0.05, 0) is 86.2 Å². The van der Waals surface area contributed by atoms with Gasteiger partial charge in [-0.3, -0.25) is 0 Å². The van der Waals surface area contributed by atoms with Crippen LogP contribution in [0.2, 0.25) is 0 Å². The first-order chi connectivity index (χ1) is 14.3. The van der Waals surface area contributed by atoms with Gasteiger partial charge in [-0.1, -0.05) is 98.2 Å². The first kappa shape index (κ1) is 22.1. The molecule has 0 aromatic heterocycles. The molecule has 0 aliphatic heterocycles. The molecule has 2 aromatic rings. The minimum Gasteiger partial charge on any atom is -0.0743 e. The number of hydrogen-bond donors (Lipinski definition) is 0. The van der Waals surface area contributed by atoms with Crippen molar-refractivity contribution in [2.45, 2.75) is 92.4 Å². The molecule has 0 nitrogen and oxygen atoms in total. The molecule has 0 N–H and O–H groups in total. The SMILES string of the molecule is CC1=CC(C)C(c2c(C(C)(C)C)cc3c(c2C(C)C)Cc2ccc(C(C)(C)C)cc2-3)=C1. The van der Waals surface area contributed by atoms with Crippen molar-refractivity contribution in [3.8, 4) is 11.1 Å². The number of rotatable bonds is 2. The van der Waals surface area contributed by atoms with Gasteiger partial charge in [-0.25, -0.2) is 0 Å². The zero-order valence-electron chi connectivity index (χ0n) is 21.3. The molecule has 164 valence electrons. The molecule has 2 aliphatic rings. The summed E-state index contributed by atoms with van der Waals surface area (Å²) >= 11 is 0. The van der Waals surface area contributed by atoms with E-state index in [9.17, 15) is 0 Å². The topological polar surface area (TPSA) is 0 Å². The largest absolute Gasteiger partial charge is 0.0743 e. The van der Waals surface area contributed by atoms with Crippen molar-refractivity contribution < 1.29 is 0 Å². The minimum atomic E-state index is 0.0927. The number of benzene rings is 2. The summed E-state index contributed by atoms with van der Waals surface area (Å²) in [6, 6.07) is 9.76. The third-order valence-corrected chi connectivity index (χ3v) is 7.17. The van der Waals surface area contributed by atoms with Gasteiger partial charge in [0.2, 0.25) is 0 Å². The van der Waals surface area contributed by atoms with Crippen LogP contribution in [0.5, 0.6) is 0 Å². The lowest BCUT2D eigenvalue weighted by Gasteiger charge is -2.31. The molecule has 0 saturated carbocycles. The van der Waals surface area contributed by atoms with Crippen molar-refractivity contribution in [3.63, 3.8) is 0 Å². The Labute approximate surface area is 190 Å². The molecular weight excluding hydrogens is 372 g/mol. The molecule has 1 atom stereocenters. The van der Waals surface area contributed by atoms with Gasteiger partial charge in [0.1, 0.15) is 0 Å². The molecule has 0 saturated heterocycles. The Hall–Kier alpha value is -2.08. The maximum absolute atomic E-state index is 2.55. The normalized spacial score (nSPS) is 18.2. The Balaban J connectivity index is 2.05. The molecule has 0 heterocycles. The van der Waals surface area contributed by atoms with E-state index in [0.717, 1.165) is 6.42 Å². The highest BCUT2D eigenvalue weighted by molar-refractivity contribution is 5.87. The molecule has 0 heteroatoms. The first-order valence-electron chi connectivity index (χ1n) is 12.0. The molecule has 4 rings (SSSR count). The summed E-state index contributed by atoms with van der Waals surface area (Å²) in [5.41, 5.74) is 15.2. The van der Waals surface area contributed by atoms with E-state index >= 15 is 0 Å². The van der Waals surface area contributed by atoms with Gasteiger partial charge in [0, 0.05) is 5.92 Å². The lowest BCUT2D eigenvalue weighted by molar-refractivity contribution is 0.585. The van der Waals surface area contributed by atoms with Crippen LogP contribution >= 0.6 is 0 Å². The lowest BCUT2D eigenvalue weighted by atomic mass is 9.73. The van der Waals surface area contributed by atoms with Gasteiger partial charge in [0.05, 0.1) is 0 Å². The highest BCUT2D eigenvalue weighted by atomic mass is 14.4. The summed E-state index contributed by atoms with van der Waals surface area (Å²) in [5, 5.41) is 0. The van der Waals surface area contributed by atoms with E-state index in [2.05, 4.69) is 106 Å². The van der Waals surface area contributed by atoms with Crippen LogP contribution in [-0.2, 0) is 17.3 Å². The van der Waals surface area contributed by atoms with Crippen LogP contribution in [0.15, 0.2) is 42.0 Å². The zero-order valence-corrected chi connectivity index (χ0v) is 21.3. The van der Waals surface area contributed by atoms with Crippen LogP contribution in [0.3, 0.4) is 0 Å². The second kappa shape index (κ2) is 7.22. The molecule has 0 spiro atoms. The van der Waals surface area contributed by atoms with Crippen molar-refractivity contribution >= 4 is 5.57 Å². The second-order valence-corrected chi connectivity index (χ2v) is 12.2. The minimum absolute atomic E-state index is 0.0927. The average molecular weight is 413 g/mol. The molecule has 31 heavy (non-hydrogen) atoms. The molecule has 0 fully saturated rings. The van der Waals surface area contributed by atoms with Gasteiger partial charge < -0.3 is 0 Å². The van der Waals surface area contributed by atoms with Crippen LogP contribution in [0.1, 0.15) is 109 Å². The molecule has 2 aliphatic carbocycles. The summed E-state index contributed by atoms with van der Waals surface area (Å²) in [6.45, 7) is 23.5. The van der Waals surface area contributed by atoms with Crippen LogP contribution in [0.4, 0.5) is 0 Å². The number of allylic oxidation sites excluding steroid dienone is 4. The first-order valence-corrected chi connectivity index (χ1v) is 12.0. The number of fused-ring (bicyclic) bond motifs is 3. The summed E-state index contributed by atoms with van der Waals surface area (Å²) in [7, 11) is 0. The lowest BCUT2D eigenvalue weighted by Crippen LogP contribution is -2.18. The third-order valence-electron chi connectivity index (χ3n) is 7.17. The summed E-state index contributed by atoms with van der Waals surface area (Å²) in [5.74, 6) is 0.976. The fourth-order valence-corrected chi connectivity index (χ4v) is 5.56. The van der Waals surface area contributed by atoms with E-state index in [4.69, 9.17) is 0 Å². The van der Waals surface area contributed by atoms with Crippen LogP contribution < -0.4 is 0 Å². The second-order valence-electron chi connectivity index (χ2n) is 12.2. The van der Waals surface area contributed by atoms with E-state index in [-0.39, 0.29) is 10.8 Å². The van der Waals surface area contributed by atoms with Crippen molar-refractivity contribution in [1.29, 1.82) is 0 Å². The Bertz CT molecular complexity index is 1100. The predicted octanol–water partition coefficient (Wildman–Crippen LogP) is 8.96. The zero-order chi connectivity index (χ0) is 22.9. The van der Waals surface area contributed by atoms with E-state index in [1.165, 1.54) is 44.5 Å². The summed E-state index contributed by atoms with van der Waals surface area (Å²) in [6.07, 6.45) is 5.92. The fourth-order valence-electron chi connectivity index (χ4n) is 5.56. The van der Waals surface area contributed by atoms with Crippen LogP contribution in [0, 0.1) is 5.92 Å². The van der Waals surface area contributed by atoms with Crippen LogP contribution in [0.25, 0.3) is 16.7 Å². The van der Waals surface area contributed by atoms with Gasteiger partial charge in [-0.2, -0.15) is 0 Å². The Kier molecular flexibility index (Phi) is 5.16. The van der Waals surface area contributed by atoms with Gasteiger partial charge in [0.25, 0.3) is 0 Å². The summed E-state index contributed by atoms with van der Waals surface area (Å²) in [4.78, 5) is 0. The Morgan fingerprint density at radius 1 is 0.903 bits per heavy atom. The van der Waals surface area contributed by atoms with Gasteiger partial charge in [0.15, 0.2) is 0 Å². The Morgan fingerprint density at radius 2 is 1.58 bits per heavy atom. The summed E-state index contributed by atoms with van der Waals surface area (Å²) < 4.78 is 0. The van der Waals surface area contributed by atoms with Crippen molar-refractivity contribution in [2.75, 3.05) is 0 Å². The van der Waals surface area contributed by atoms with E-state index in [1.807, 2.05) is 0 Å². The standard InChI is InChI=1S/C31H40/c1-18(2)28-26-15-21-11-12-22(30(5,6)7)16-24(21)25(26)17-27(31(8,9)10)29(28)23-14-19(3)13-20(23)4/h11-14,16-18,20H,15H2,1-10H3. The molecule has 2 aromatic carbocycles. The maximum atomic E-state index is 2.55. The van der Waals surface area contributed by atoms with E-state index in [0.29, 0.717) is 11.8 Å². The smallest absolute Gasteiger partial charge is 0.000152 e. The van der Waals surface area contributed by atoms with Crippen molar-refractivity contribution in [1.82, 2.24) is 0 Å².